The highest BCUT2D eigenvalue weighted by atomic mass is 19.2. The fraction of sp³-hybridized carbons (Fsp3) is 0.467. The van der Waals surface area contributed by atoms with Crippen molar-refractivity contribution in [3.05, 3.63) is 35.4 Å². The van der Waals surface area contributed by atoms with Gasteiger partial charge in [-0.05, 0) is 30.5 Å². The van der Waals surface area contributed by atoms with Gasteiger partial charge in [0.2, 0.25) is 0 Å². The lowest BCUT2D eigenvalue weighted by atomic mass is 10.0. The number of piperidine rings is 1. The Morgan fingerprint density at radius 3 is 2.63 bits per heavy atom. The molecule has 2 rings (SSSR count). The van der Waals surface area contributed by atoms with Crippen LogP contribution in [0.4, 0.5) is 8.78 Å². The van der Waals surface area contributed by atoms with E-state index in [0.29, 0.717) is 19.1 Å². The Labute approximate surface area is 112 Å². The fourth-order valence-corrected chi connectivity index (χ4v) is 2.34. The Hall–Kier alpha value is -1.44. The molecule has 0 spiro atoms. The number of nitrogens with one attached hydrogen (secondary N) is 1. The van der Waals surface area contributed by atoms with E-state index in [2.05, 4.69) is 16.1 Å². The Balaban J connectivity index is 1.77. The van der Waals surface area contributed by atoms with Gasteiger partial charge in [0, 0.05) is 25.7 Å². The van der Waals surface area contributed by atoms with Crippen molar-refractivity contribution in [2.45, 2.75) is 25.4 Å². The minimum absolute atomic E-state index is 0.419. The van der Waals surface area contributed by atoms with Crippen LogP contribution in [0.3, 0.4) is 0 Å². The summed E-state index contributed by atoms with van der Waals surface area (Å²) in [5, 5.41) is 3.38. The van der Waals surface area contributed by atoms with Gasteiger partial charge in [-0.2, -0.15) is 0 Å². The van der Waals surface area contributed by atoms with E-state index in [4.69, 9.17) is 6.42 Å². The van der Waals surface area contributed by atoms with E-state index < -0.39 is 11.6 Å². The zero-order valence-electron chi connectivity index (χ0n) is 10.8. The molecule has 0 amide bonds. The molecule has 4 heteroatoms. The maximum atomic E-state index is 13.1. The number of nitrogens with zero attached hydrogens (tertiary/aromatic N) is 1. The lowest BCUT2D eigenvalue weighted by molar-refractivity contribution is 0.217. The van der Waals surface area contributed by atoms with Gasteiger partial charge in [0.1, 0.15) is 0 Å². The van der Waals surface area contributed by atoms with Crippen LogP contribution >= 0.6 is 0 Å². The van der Waals surface area contributed by atoms with E-state index in [1.54, 1.807) is 6.07 Å². The van der Waals surface area contributed by atoms with Gasteiger partial charge in [-0.15, -0.1) is 6.42 Å². The molecule has 0 radical (unpaired) electrons. The summed E-state index contributed by atoms with van der Waals surface area (Å²) in [5.74, 6) is 1.06. The highest BCUT2D eigenvalue weighted by molar-refractivity contribution is 5.17. The summed E-state index contributed by atoms with van der Waals surface area (Å²) >= 11 is 0. The van der Waals surface area contributed by atoms with E-state index in [1.165, 1.54) is 12.1 Å². The zero-order chi connectivity index (χ0) is 13.7. The molecule has 0 saturated carbocycles. The molecule has 1 saturated heterocycles. The first-order valence-corrected chi connectivity index (χ1v) is 6.52. The van der Waals surface area contributed by atoms with Crippen LogP contribution in [0, 0.1) is 24.0 Å². The van der Waals surface area contributed by atoms with Crippen molar-refractivity contribution in [3.8, 4) is 12.3 Å². The summed E-state index contributed by atoms with van der Waals surface area (Å²) < 4.78 is 25.8. The molecule has 2 nitrogen and oxygen atoms in total. The molecule has 0 bridgehead atoms. The van der Waals surface area contributed by atoms with Crippen molar-refractivity contribution in [2.24, 2.45) is 0 Å². The highest BCUT2D eigenvalue weighted by Crippen LogP contribution is 2.12. The Morgan fingerprint density at radius 2 is 2.00 bits per heavy atom. The number of halogens is 2. The number of hydrogen-bond acceptors (Lipinski definition) is 2. The van der Waals surface area contributed by atoms with Gasteiger partial charge >= 0.3 is 0 Å². The van der Waals surface area contributed by atoms with Crippen molar-refractivity contribution in [3.63, 3.8) is 0 Å². The molecule has 0 atom stereocenters. The second-order valence-electron chi connectivity index (χ2n) is 4.88. The third kappa shape index (κ3) is 4.02. The summed E-state index contributed by atoms with van der Waals surface area (Å²) in [6, 6.07) is 4.44. The number of terminal acetylenes is 1. The Morgan fingerprint density at radius 1 is 1.26 bits per heavy atom. The van der Waals surface area contributed by atoms with E-state index in [0.717, 1.165) is 31.5 Å². The van der Waals surface area contributed by atoms with Gasteiger partial charge in [0.25, 0.3) is 0 Å². The minimum atomic E-state index is -0.800. The van der Waals surface area contributed by atoms with Gasteiger partial charge in [0.05, 0.1) is 6.54 Å². The first-order valence-electron chi connectivity index (χ1n) is 6.52. The molecule has 102 valence electrons. The van der Waals surface area contributed by atoms with Gasteiger partial charge < -0.3 is 5.32 Å². The fourth-order valence-electron chi connectivity index (χ4n) is 2.34. The minimum Gasteiger partial charge on any atom is -0.310 e. The van der Waals surface area contributed by atoms with Gasteiger partial charge in [-0.25, -0.2) is 8.78 Å². The van der Waals surface area contributed by atoms with Crippen molar-refractivity contribution in [1.29, 1.82) is 0 Å². The second-order valence-corrected chi connectivity index (χ2v) is 4.88. The van der Waals surface area contributed by atoms with E-state index in [9.17, 15) is 8.78 Å². The summed E-state index contributed by atoms with van der Waals surface area (Å²) in [6.45, 7) is 3.24. The van der Waals surface area contributed by atoms with Gasteiger partial charge in [-0.1, -0.05) is 12.0 Å². The monoisotopic (exact) mass is 264 g/mol. The molecule has 1 aromatic carbocycles. The molecule has 0 aromatic heterocycles. The topological polar surface area (TPSA) is 15.3 Å². The lowest BCUT2D eigenvalue weighted by Gasteiger charge is -2.31. The van der Waals surface area contributed by atoms with Crippen LogP contribution in [0.2, 0.25) is 0 Å². The van der Waals surface area contributed by atoms with Crippen molar-refractivity contribution < 1.29 is 8.78 Å². The van der Waals surface area contributed by atoms with Gasteiger partial charge in [0.15, 0.2) is 11.6 Å². The van der Waals surface area contributed by atoms with Crippen LogP contribution in [0.25, 0.3) is 0 Å². The molecular formula is C15H18F2N2. The molecule has 1 aliphatic heterocycles. The summed E-state index contributed by atoms with van der Waals surface area (Å²) in [6.07, 6.45) is 7.35. The molecular weight excluding hydrogens is 246 g/mol. The van der Waals surface area contributed by atoms with Crippen molar-refractivity contribution in [2.75, 3.05) is 19.6 Å². The van der Waals surface area contributed by atoms with Crippen molar-refractivity contribution in [1.82, 2.24) is 10.2 Å². The quantitative estimate of drug-likeness (QED) is 0.838. The van der Waals surface area contributed by atoms with Crippen LogP contribution in [-0.4, -0.2) is 30.6 Å². The maximum Gasteiger partial charge on any atom is 0.159 e. The standard InChI is InChI=1S/C15H18F2N2/c1-2-7-19-8-5-13(6-9-19)18-11-12-3-4-14(16)15(17)10-12/h1,3-4,10,13,18H,5-9,11H2. The molecule has 1 fully saturated rings. The predicted molar refractivity (Wildman–Crippen MR) is 71.5 cm³/mol. The van der Waals surface area contributed by atoms with Gasteiger partial charge in [-0.3, -0.25) is 4.90 Å². The number of likely N-dealkylation sites (tertiary alicyclic amines) is 1. The Kier molecular flexibility index (Phi) is 4.89. The number of hydrogen-bond donors (Lipinski definition) is 1. The Bertz CT molecular complexity index is 460. The maximum absolute atomic E-state index is 13.1. The van der Waals surface area contributed by atoms with E-state index in [1.807, 2.05) is 0 Å². The zero-order valence-corrected chi connectivity index (χ0v) is 10.8. The molecule has 19 heavy (non-hydrogen) atoms. The smallest absolute Gasteiger partial charge is 0.159 e. The van der Waals surface area contributed by atoms with Crippen LogP contribution in [-0.2, 0) is 6.54 Å². The largest absolute Gasteiger partial charge is 0.310 e. The molecule has 1 aromatic rings. The van der Waals surface area contributed by atoms with Crippen molar-refractivity contribution >= 4 is 0 Å². The molecule has 0 aliphatic carbocycles. The lowest BCUT2D eigenvalue weighted by Crippen LogP contribution is -2.42. The van der Waals surface area contributed by atoms with Crippen LogP contribution in [0.15, 0.2) is 18.2 Å². The normalized spacial score (nSPS) is 17.3. The highest BCUT2D eigenvalue weighted by Gasteiger charge is 2.17. The number of rotatable bonds is 4. The molecule has 1 heterocycles. The summed E-state index contributed by atoms with van der Waals surface area (Å²) in [5.41, 5.74) is 0.768. The summed E-state index contributed by atoms with van der Waals surface area (Å²) in [7, 11) is 0. The molecule has 0 unspecified atom stereocenters. The first-order chi connectivity index (χ1) is 9.19. The number of benzene rings is 1. The average molecular weight is 264 g/mol. The van der Waals surface area contributed by atoms with E-state index in [-0.39, 0.29) is 0 Å². The SMILES string of the molecule is C#CCN1CCC(NCc2ccc(F)c(F)c2)CC1. The van der Waals surface area contributed by atoms with E-state index >= 15 is 0 Å². The summed E-state index contributed by atoms with van der Waals surface area (Å²) in [4.78, 5) is 2.25. The third-order valence-electron chi connectivity index (χ3n) is 3.48. The third-order valence-corrected chi connectivity index (χ3v) is 3.48. The average Bonchev–Trinajstić information content (AvgIpc) is 2.42. The molecule has 1 N–H and O–H groups in total. The first kappa shape index (κ1) is 14.0. The second kappa shape index (κ2) is 6.65. The van der Waals surface area contributed by atoms with Crippen LogP contribution in [0.5, 0.6) is 0 Å². The van der Waals surface area contributed by atoms with Crippen LogP contribution < -0.4 is 5.32 Å². The van der Waals surface area contributed by atoms with Crippen LogP contribution in [0.1, 0.15) is 18.4 Å². The molecule has 1 aliphatic rings. The predicted octanol–water partition coefficient (Wildman–Crippen LogP) is 2.15.